The van der Waals surface area contributed by atoms with Crippen molar-refractivity contribution in [3.63, 3.8) is 0 Å². The molecule has 1 heterocycles. The number of aryl methyl sites for hydroxylation is 1. The summed E-state index contributed by atoms with van der Waals surface area (Å²) in [4.78, 5) is 4.42. The summed E-state index contributed by atoms with van der Waals surface area (Å²) in [5, 5.41) is 0. The number of imidazole rings is 1. The summed E-state index contributed by atoms with van der Waals surface area (Å²) in [6.07, 6.45) is 0. The molecule has 0 unspecified atom stereocenters. The van der Waals surface area contributed by atoms with Crippen LogP contribution in [0.2, 0.25) is 0 Å². The fourth-order valence-corrected chi connectivity index (χ4v) is 2.53. The molecule has 0 saturated heterocycles. The number of para-hydroxylation sites is 1. The van der Waals surface area contributed by atoms with Gasteiger partial charge in [0.2, 0.25) is 5.95 Å². The molecule has 21 heavy (non-hydrogen) atoms. The van der Waals surface area contributed by atoms with Crippen molar-refractivity contribution in [2.24, 2.45) is 0 Å². The van der Waals surface area contributed by atoms with Gasteiger partial charge in [-0.2, -0.15) is 0 Å². The van der Waals surface area contributed by atoms with Crippen LogP contribution in [0.4, 0.5) is 5.95 Å². The van der Waals surface area contributed by atoms with Crippen molar-refractivity contribution < 1.29 is 9.47 Å². The third kappa shape index (κ3) is 2.07. The SMILES string of the molecule is COc1ccc(-n2c(N)nc3c(OC)cccc32)cc1C. The molecule has 3 rings (SSSR count). The van der Waals surface area contributed by atoms with Gasteiger partial charge in [0.05, 0.1) is 19.7 Å². The Morgan fingerprint density at radius 3 is 2.48 bits per heavy atom. The van der Waals surface area contributed by atoms with E-state index in [9.17, 15) is 0 Å². The van der Waals surface area contributed by atoms with Crippen molar-refractivity contribution in [3.8, 4) is 17.2 Å². The molecule has 5 nitrogen and oxygen atoms in total. The highest BCUT2D eigenvalue weighted by Crippen LogP contribution is 2.30. The predicted octanol–water partition coefficient (Wildman–Crippen LogP) is 2.93. The van der Waals surface area contributed by atoms with Gasteiger partial charge < -0.3 is 15.2 Å². The first-order valence-corrected chi connectivity index (χ1v) is 6.61. The number of methoxy groups -OCH3 is 2. The molecule has 2 N–H and O–H groups in total. The fourth-order valence-electron chi connectivity index (χ4n) is 2.53. The standard InChI is InChI=1S/C16H17N3O2/c1-10-9-11(7-8-13(10)20-2)19-12-5-4-6-14(21-3)15(12)18-16(19)17/h4-9H,1-3H3,(H2,17,18). The van der Waals surface area contributed by atoms with Gasteiger partial charge in [-0.05, 0) is 42.8 Å². The molecule has 0 bridgehead atoms. The number of hydrogen-bond acceptors (Lipinski definition) is 4. The first kappa shape index (κ1) is 13.3. The molecule has 0 saturated carbocycles. The Labute approximate surface area is 122 Å². The van der Waals surface area contributed by atoms with Crippen molar-refractivity contribution in [2.45, 2.75) is 6.92 Å². The van der Waals surface area contributed by atoms with E-state index in [0.717, 1.165) is 28.0 Å². The minimum Gasteiger partial charge on any atom is -0.496 e. The molecule has 0 atom stereocenters. The van der Waals surface area contributed by atoms with Crippen molar-refractivity contribution in [2.75, 3.05) is 20.0 Å². The van der Waals surface area contributed by atoms with E-state index in [0.29, 0.717) is 11.7 Å². The highest BCUT2D eigenvalue weighted by molar-refractivity contribution is 5.86. The quantitative estimate of drug-likeness (QED) is 0.802. The Morgan fingerprint density at radius 1 is 1.05 bits per heavy atom. The van der Waals surface area contributed by atoms with Crippen LogP contribution in [0.5, 0.6) is 11.5 Å². The molecule has 0 aliphatic carbocycles. The molecule has 2 aromatic carbocycles. The number of rotatable bonds is 3. The molecule has 108 valence electrons. The lowest BCUT2D eigenvalue weighted by atomic mass is 10.2. The molecule has 0 aliphatic rings. The number of nitrogen functional groups attached to an aromatic ring is 1. The smallest absolute Gasteiger partial charge is 0.206 e. The van der Waals surface area contributed by atoms with Gasteiger partial charge in [0, 0.05) is 5.69 Å². The monoisotopic (exact) mass is 283 g/mol. The van der Waals surface area contributed by atoms with E-state index in [1.165, 1.54) is 0 Å². The number of hydrogen-bond donors (Lipinski definition) is 1. The molecule has 1 aromatic heterocycles. The minimum absolute atomic E-state index is 0.430. The van der Waals surface area contributed by atoms with Gasteiger partial charge in [0.15, 0.2) is 0 Å². The summed E-state index contributed by atoms with van der Waals surface area (Å²) >= 11 is 0. The van der Waals surface area contributed by atoms with Crippen LogP contribution in [0.1, 0.15) is 5.56 Å². The first-order chi connectivity index (χ1) is 10.2. The molecule has 0 fully saturated rings. The van der Waals surface area contributed by atoms with Crippen molar-refractivity contribution in [1.82, 2.24) is 9.55 Å². The molecule has 3 aromatic rings. The lowest BCUT2D eigenvalue weighted by Crippen LogP contribution is -2.01. The molecular formula is C16H17N3O2. The van der Waals surface area contributed by atoms with Gasteiger partial charge in [0.25, 0.3) is 0 Å². The Kier molecular flexibility index (Phi) is 3.17. The summed E-state index contributed by atoms with van der Waals surface area (Å²) in [6, 6.07) is 11.7. The topological polar surface area (TPSA) is 62.3 Å². The van der Waals surface area contributed by atoms with Crippen molar-refractivity contribution >= 4 is 17.0 Å². The van der Waals surface area contributed by atoms with Crippen LogP contribution < -0.4 is 15.2 Å². The van der Waals surface area contributed by atoms with E-state index in [4.69, 9.17) is 15.2 Å². The maximum absolute atomic E-state index is 6.09. The molecule has 5 heteroatoms. The van der Waals surface area contributed by atoms with Gasteiger partial charge in [-0.3, -0.25) is 4.57 Å². The zero-order valence-electron chi connectivity index (χ0n) is 12.3. The van der Waals surface area contributed by atoms with Gasteiger partial charge in [-0.1, -0.05) is 6.07 Å². The summed E-state index contributed by atoms with van der Waals surface area (Å²) < 4.78 is 12.5. The van der Waals surface area contributed by atoms with Gasteiger partial charge >= 0.3 is 0 Å². The second kappa shape index (κ2) is 5.01. The zero-order chi connectivity index (χ0) is 15.0. The molecular weight excluding hydrogens is 266 g/mol. The van der Waals surface area contributed by atoms with Crippen LogP contribution in [-0.4, -0.2) is 23.8 Å². The van der Waals surface area contributed by atoms with E-state index in [2.05, 4.69) is 4.98 Å². The van der Waals surface area contributed by atoms with Crippen LogP contribution in [0.3, 0.4) is 0 Å². The van der Waals surface area contributed by atoms with E-state index < -0.39 is 0 Å². The Hall–Kier alpha value is -2.69. The number of ether oxygens (including phenoxy) is 2. The summed E-state index contributed by atoms with van der Waals surface area (Å²) in [5.74, 6) is 1.99. The average molecular weight is 283 g/mol. The molecule has 0 amide bonds. The highest BCUT2D eigenvalue weighted by atomic mass is 16.5. The van der Waals surface area contributed by atoms with Gasteiger partial charge in [-0.25, -0.2) is 4.98 Å². The fraction of sp³-hybridized carbons (Fsp3) is 0.188. The summed E-state index contributed by atoms with van der Waals surface area (Å²) in [7, 11) is 3.29. The second-order valence-electron chi connectivity index (χ2n) is 4.79. The normalized spacial score (nSPS) is 10.8. The van der Waals surface area contributed by atoms with E-state index in [1.807, 2.05) is 47.9 Å². The van der Waals surface area contributed by atoms with Crippen LogP contribution in [0.15, 0.2) is 36.4 Å². The number of benzene rings is 2. The molecule has 0 spiro atoms. The molecule has 0 radical (unpaired) electrons. The average Bonchev–Trinajstić information content (AvgIpc) is 2.82. The van der Waals surface area contributed by atoms with Gasteiger partial charge in [-0.15, -0.1) is 0 Å². The van der Waals surface area contributed by atoms with E-state index in [1.54, 1.807) is 14.2 Å². The number of nitrogens with two attached hydrogens (primary N) is 1. The number of anilines is 1. The third-order valence-corrected chi connectivity index (χ3v) is 3.53. The van der Waals surface area contributed by atoms with Crippen LogP contribution in [0.25, 0.3) is 16.7 Å². The minimum atomic E-state index is 0.430. The maximum atomic E-state index is 6.09. The summed E-state index contributed by atoms with van der Waals surface area (Å²) in [5.41, 5.74) is 9.75. The number of fused-ring (bicyclic) bond motifs is 1. The van der Waals surface area contributed by atoms with E-state index in [-0.39, 0.29) is 0 Å². The van der Waals surface area contributed by atoms with Crippen LogP contribution >= 0.6 is 0 Å². The Morgan fingerprint density at radius 2 is 1.81 bits per heavy atom. The highest BCUT2D eigenvalue weighted by Gasteiger charge is 2.14. The number of nitrogens with zero attached hydrogens (tertiary/aromatic N) is 2. The first-order valence-electron chi connectivity index (χ1n) is 6.61. The zero-order valence-corrected chi connectivity index (χ0v) is 12.3. The van der Waals surface area contributed by atoms with E-state index >= 15 is 0 Å². The second-order valence-corrected chi connectivity index (χ2v) is 4.79. The van der Waals surface area contributed by atoms with Crippen LogP contribution in [-0.2, 0) is 0 Å². The van der Waals surface area contributed by atoms with Crippen molar-refractivity contribution in [1.29, 1.82) is 0 Å². The van der Waals surface area contributed by atoms with Crippen molar-refractivity contribution in [3.05, 3.63) is 42.0 Å². The Balaban J connectivity index is 2.25. The Bertz CT molecular complexity index is 809. The maximum Gasteiger partial charge on any atom is 0.206 e. The lowest BCUT2D eigenvalue weighted by Gasteiger charge is -2.10. The van der Waals surface area contributed by atoms with Crippen LogP contribution in [0, 0.1) is 6.92 Å². The third-order valence-electron chi connectivity index (χ3n) is 3.53. The summed E-state index contributed by atoms with van der Waals surface area (Å²) in [6.45, 7) is 2.00. The predicted molar refractivity (Wildman–Crippen MR) is 83.3 cm³/mol. The molecule has 0 aliphatic heterocycles. The lowest BCUT2D eigenvalue weighted by molar-refractivity contribution is 0.411. The number of aromatic nitrogens is 2. The van der Waals surface area contributed by atoms with Gasteiger partial charge in [0.1, 0.15) is 17.0 Å². The largest absolute Gasteiger partial charge is 0.496 e.